The lowest BCUT2D eigenvalue weighted by Crippen LogP contribution is -2.24. The van der Waals surface area contributed by atoms with E-state index in [9.17, 15) is 27.2 Å². The largest absolute Gasteiger partial charge is 0.573 e. The van der Waals surface area contributed by atoms with Crippen LogP contribution >= 0.6 is 0 Å². The third-order valence-corrected chi connectivity index (χ3v) is 4.97. The number of nitrogens with one attached hydrogen (secondary N) is 2. The molecule has 3 aromatic rings. The molecule has 178 valence electrons. The maximum Gasteiger partial charge on any atom is 0.573 e. The number of methoxy groups -OCH3 is 1. The van der Waals surface area contributed by atoms with E-state index in [-0.39, 0.29) is 18.7 Å². The van der Waals surface area contributed by atoms with E-state index in [1.165, 1.54) is 48.2 Å². The van der Waals surface area contributed by atoms with Crippen LogP contribution in [0.3, 0.4) is 0 Å². The predicted octanol–water partition coefficient (Wildman–Crippen LogP) is 4.26. The highest BCUT2D eigenvalue weighted by Crippen LogP contribution is 2.39. The zero-order valence-corrected chi connectivity index (χ0v) is 17.6. The molecule has 1 aliphatic rings. The number of fused-ring (bicyclic) bond motifs is 1. The molecule has 4 rings (SSSR count). The quantitative estimate of drug-likeness (QED) is 0.495. The van der Waals surface area contributed by atoms with Crippen LogP contribution in [0.1, 0.15) is 18.2 Å². The highest BCUT2D eigenvalue weighted by atomic mass is 19.4. The van der Waals surface area contributed by atoms with Crippen molar-refractivity contribution >= 4 is 23.3 Å². The van der Waals surface area contributed by atoms with Gasteiger partial charge < -0.3 is 20.1 Å². The first-order valence-electron chi connectivity index (χ1n) is 9.97. The summed E-state index contributed by atoms with van der Waals surface area (Å²) in [6.07, 6.45) is -5.21. The summed E-state index contributed by atoms with van der Waals surface area (Å²) in [6.45, 7) is 0.105. The maximum atomic E-state index is 13.4. The second-order valence-electron chi connectivity index (χ2n) is 7.39. The molecule has 34 heavy (non-hydrogen) atoms. The summed E-state index contributed by atoms with van der Waals surface area (Å²) in [5.74, 6) is -1.69. The van der Waals surface area contributed by atoms with Gasteiger partial charge in [0.15, 0.2) is 0 Å². The molecule has 2 heterocycles. The number of amides is 2. The fourth-order valence-corrected chi connectivity index (χ4v) is 3.63. The molecule has 12 heteroatoms. The Hall–Kier alpha value is -3.93. The molecule has 1 aromatic heterocycles. The molecule has 2 N–H and O–H groups in total. The third kappa shape index (κ3) is 5.01. The summed E-state index contributed by atoms with van der Waals surface area (Å²) in [5.41, 5.74) is 1.68. The first-order valence-corrected chi connectivity index (χ1v) is 9.97. The SMILES string of the molecule is COCc1nn2c(c1-c1ccc(F)cc1)NC(=O)C2CC(=O)Nc1cccc(OC(F)(F)F)c1. The molecule has 2 amide bonds. The smallest absolute Gasteiger partial charge is 0.406 e. The number of ether oxygens (including phenoxy) is 2. The average molecular weight is 478 g/mol. The number of benzene rings is 2. The van der Waals surface area contributed by atoms with Crippen molar-refractivity contribution in [2.24, 2.45) is 0 Å². The van der Waals surface area contributed by atoms with Gasteiger partial charge >= 0.3 is 6.36 Å². The highest BCUT2D eigenvalue weighted by Gasteiger charge is 2.37. The van der Waals surface area contributed by atoms with Crippen molar-refractivity contribution < 1.29 is 36.6 Å². The fourth-order valence-electron chi connectivity index (χ4n) is 3.63. The molecular formula is C22H18F4N4O4. The van der Waals surface area contributed by atoms with Crippen molar-refractivity contribution in [1.82, 2.24) is 9.78 Å². The number of alkyl halides is 3. The molecule has 0 saturated carbocycles. The van der Waals surface area contributed by atoms with E-state index in [1.54, 1.807) is 0 Å². The van der Waals surface area contributed by atoms with Crippen molar-refractivity contribution in [2.75, 3.05) is 17.7 Å². The van der Waals surface area contributed by atoms with Gasteiger partial charge in [-0.1, -0.05) is 18.2 Å². The molecule has 1 atom stereocenters. The second-order valence-corrected chi connectivity index (χ2v) is 7.39. The van der Waals surface area contributed by atoms with Crippen LogP contribution in [0, 0.1) is 5.82 Å². The lowest BCUT2D eigenvalue weighted by Gasteiger charge is -2.12. The Balaban J connectivity index is 1.55. The van der Waals surface area contributed by atoms with Crippen LogP contribution in [-0.2, 0) is 20.9 Å². The summed E-state index contributed by atoms with van der Waals surface area (Å²) >= 11 is 0. The van der Waals surface area contributed by atoms with Crippen LogP contribution < -0.4 is 15.4 Å². The summed E-state index contributed by atoms with van der Waals surface area (Å²) in [4.78, 5) is 25.2. The molecule has 0 aliphatic carbocycles. The topological polar surface area (TPSA) is 94.5 Å². The Morgan fingerprint density at radius 3 is 2.62 bits per heavy atom. The minimum Gasteiger partial charge on any atom is -0.406 e. The van der Waals surface area contributed by atoms with E-state index in [0.29, 0.717) is 22.6 Å². The lowest BCUT2D eigenvalue weighted by molar-refractivity contribution is -0.274. The van der Waals surface area contributed by atoms with E-state index >= 15 is 0 Å². The molecule has 0 saturated heterocycles. The van der Waals surface area contributed by atoms with E-state index in [4.69, 9.17) is 4.74 Å². The van der Waals surface area contributed by atoms with Crippen LogP contribution in [0.4, 0.5) is 29.1 Å². The number of anilines is 2. The Bertz CT molecular complexity index is 1220. The molecule has 0 bridgehead atoms. The molecule has 0 fully saturated rings. The van der Waals surface area contributed by atoms with E-state index < -0.39 is 35.8 Å². The summed E-state index contributed by atoms with van der Waals surface area (Å²) < 4.78 is 61.1. The summed E-state index contributed by atoms with van der Waals surface area (Å²) in [7, 11) is 1.47. The third-order valence-electron chi connectivity index (χ3n) is 4.97. The van der Waals surface area contributed by atoms with Crippen molar-refractivity contribution in [3.05, 3.63) is 60.0 Å². The van der Waals surface area contributed by atoms with E-state index in [2.05, 4.69) is 20.5 Å². The normalized spacial score (nSPS) is 15.1. The number of rotatable bonds is 7. The number of hydrogen-bond donors (Lipinski definition) is 2. The molecule has 0 radical (unpaired) electrons. The van der Waals surface area contributed by atoms with Crippen molar-refractivity contribution in [3.63, 3.8) is 0 Å². The maximum absolute atomic E-state index is 13.4. The van der Waals surface area contributed by atoms with E-state index in [0.717, 1.165) is 12.1 Å². The minimum atomic E-state index is -4.87. The summed E-state index contributed by atoms with van der Waals surface area (Å²) in [5, 5.41) is 9.57. The lowest BCUT2D eigenvalue weighted by atomic mass is 10.1. The Labute approximate surface area is 190 Å². The van der Waals surface area contributed by atoms with Gasteiger partial charge in [0.05, 0.1) is 18.7 Å². The van der Waals surface area contributed by atoms with Crippen LogP contribution in [0.5, 0.6) is 5.75 Å². The second kappa shape index (κ2) is 9.14. The zero-order chi connectivity index (χ0) is 24.5. The first-order chi connectivity index (χ1) is 16.1. The van der Waals surface area contributed by atoms with Gasteiger partial charge in [-0.2, -0.15) is 5.10 Å². The standard InChI is InChI=1S/C22H18F4N4O4/c1-33-11-16-19(12-5-7-13(23)8-6-12)20-28-21(32)17(30(20)29-16)10-18(31)27-14-3-2-4-15(9-14)34-22(24,25)26/h2-9,17H,10-11H2,1H3,(H,27,31)(H,28,32). The average Bonchev–Trinajstić information content (AvgIpc) is 3.23. The highest BCUT2D eigenvalue weighted by molar-refractivity contribution is 6.04. The molecule has 1 unspecified atom stereocenters. The number of hydrogen-bond acceptors (Lipinski definition) is 5. The van der Waals surface area contributed by atoms with Gasteiger partial charge in [0.2, 0.25) is 5.91 Å². The summed E-state index contributed by atoms with van der Waals surface area (Å²) in [6, 6.07) is 9.40. The van der Waals surface area contributed by atoms with Gasteiger partial charge in [0.1, 0.15) is 23.4 Å². The molecule has 8 nitrogen and oxygen atoms in total. The van der Waals surface area contributed by atoms with Crippen LogP contribution in [0.2, 0.25) is 0 Å². The number of carbonyl (C=O) groups is 2. The van der Waals surface area contributed by atoms with Crippen LogP contribution in [0.15, 0.2) is 48.5 Å². The fraction of sp³-hybridized carbons (Fsp3) is 0.227. The zero-order valence-electron chi connectivity index (χ0n) is 17.6. The van der Waals surface area contributed by atoms with Crippen molar-refractivity contribution in [2.45, 2.75) is 25.4 Å². The monoisotopic (exact) mass is 478 g/mol. The van der Waals surface area contributed by atoms with Gasteiger partial charge in [-0.25, -0.2) is 9.07 Å². The number of carbonyl (C=O) groups excluding carboxylic acids is 2. The first kappa shape index (κ1) is 23.2. The van der Waals surface area contributed by atoms with Crippen molar-refractivity contribution in [3.8, 4) is 16.9 Å². The molecule has 0 spiro atoms. The van der Waals surface area contributed by atoms with Crippen molar-refractivity contribution in [1.29, 1.82) is 0 Å². The van der Waals surface area contributed by atoms with Crippen LogP contribution in [0.25, 0.3) is 11.1 Å². The van der Waals surface area contributed by atoms with Crippen LogP contribution in [-0.4, -0.2) is 35.1 Å². The molecule has 2 aromatic carbocycles. The van der Waals surface area contributed by atoms with Gasteiger partial charge in [0, 0.05) is 24.4 Å². The Kier molecular flexibility index (Phi) is 6.24. The van der Waals surface area contributed by atoms with Gasteiger partial charge in [-0.3, -0.25) is 9.59 Å². The Morgan fingerprint density at radius 1 is 1.21 bits per heavy atom. The Morgan fingerprint density at radius 2 is 1.94 bits per heavy atom. The molecular weight excluding hydrogens is 460 g/mol. The van der Waals surface area contributed by atoms with Gasteiger partial charge in [0.25, 0.3) is 5.91 Å². The number of aromatic nitrogens is 2. The molecule has 1 aliphatic heterocycles. The minimum absolute atomic E-state index is 0.0675. The van der Waals surface area contributed by atoms with E-state index in [1.807, 2.05) is 0 Å². The number of halogens is 4. The number of nitrogens with zero attached hydrogens (tertiary/aromatic N) is 2. The predicted molar refractivity (Wildman–Crippen MR) is 112 cm³/mol. The van der Waals surface area contributed by atoms with Gasteiger partial charge in [-0.05, 0) is 29.8 Å². The van der Waals surface area contributed by atoms with Gasteiger partial charge in [-0.15, -0.1) is 13.2 Å².